The topological polar surface area (TPSA) is 102 Å². The number of esters is 1. The second kappa shape index (κ2) is 9.08. The molecule has 178 valence electrons. The molecule has 2 aliphatic rings. The monoisotopic (exact) mass is 448 g/mol. The summed E-state index contributed by atoms with van der Waals surface area (Å²) in [7, 11) is 1.39. The minimum Gasteiger partial charge on any atom is -0.493 e. The fourth-order valence-corrected chi connectivity index (χ4v) is 4.39. The molecule has 8 heteroatoms. The van der Waals surface area contributed by atoms with Crippen molar-refractivity contribution in [1.29, 1.82) is 0 Å². The first-order chi connectivity index (χ1) is 14.6. The van der Waals surface area contributed by atoms with Crippen LogP contribution in [0.1, 0.15) is 54.9 Å². The van der Waals surface area contributed by atoms with Crippen molar-refractivity contribution < 1.29 is 28.7 Å². The summed E-state index contributed by atoms with van der Waals surface area (Å²) < 4.78 is 10.3. The number of nitrogens with one attached hydrogen (secondary N) is 1. The highest BCUT2D eigenvalue weighted by Gasteiger charge is 2.56. The Hall–Kier alpha value is -2.64. The Morgan fingerprint density at radius 1 is 1.22 bits per heavy atom. The van der Waals surface area contributed by atoms with Crippen LogP contribution in [-0.2, 0) is 28.7 Å². The SMILES string of the molecule is CCOC(=O)C[C@H]1C(=O)N(C(C(=O)NC(C)(C)C)C(C)(C)C)C[C@]12C=CC(=O)C(OC)=C2. The van der Waals surface area contributed by atoms with E-state index >= 15 is 0 Å². The van der Waals surface area contributed by atoms with E-state index in [0.717, 1.165) is 0 Å². The van der Waals surface area contributed by atoms with E-state index in [0.29, 0.717) is 0 Å². The van der Waals surface area contributed by atoms with E-state index < -0.39 is 34.3 Å². The van der Waals surface area contributed by atoms with Crippen LogP contribution in [0, 0.1) is 16.7 Å². The summed E-state index contributed by atoms with van der Waals surface area (Å²) in [6.07, 6.45) is 4.47. The number of methoxy groups -OCH3 is 1. The van der Waals surface area contributed by atoms with Crippen LogP contribution < -0.4 is 5.32 Å². The molecular formula is C24H36N2O6. The predicted octanol–water partition coefficient (Wildman–Crippen LogP) is 2.38. The normalized spacial score (nSPS) is 24.4. The smallest absolute Gasteiger partial charge is 0.306 e. The summed E-state index contributed by atoms with van der Waals surface area (Å²) in [6, 6.07) is -0.774. The number of rotatable bonds is 6. The standard InChI is InChI=1S/C24H36N2O6/c1-9-32-18(28)12-15-21(30)26(14-24(15)11-10-16(27)17(13-24)31-8)19(22(2,3)4)20(29)25-23(5,6)7/h10-11,13,15,19H,9,12,14H2,1-8H3,(H,25,29)/t15-,19?,24+/m0/s1. The zero-order chi connectivity index (χ0) is 24.5. The molecule has 0 aromatic carbocycles. The molecule has 0 saturated carbocycles. The molecule has 0 bridgehead atoms. The lowest BCUT2D eigenvalue weighted by molar-refractivity contribution is -0.149. The maximum Gasteiger partial charge on any atom is 0.306 e. The number of carbonyl (C=O) groups excluding carboxylic acids is 4. The Bertz CT molecular complexity index is 846. The molecule has 0 radical (unpaired) electrons. The second-order valence-corrected chi connectivity index (χ2v) is 10.6. The Labute approximate surface area is 190 Å². The lowest BCUT2D eigenvalue weighted by Gasteiger charge is -2.39. The molecule has 2 rings (SSSR count). The summed E-state index contributed by atoms with van der Waals surface area (Å²) >= 11 is 0. The van der Waals surface area contributed by atoms with Crippen molar-refractivity contribution in [2.75, 3.05) is 20.3 Å². The van der Waals surface area contributed by atoms with Crippen LogP contribution in [0.3, 0.4) is 0 Å². The number of allylic oxidation sites excluding steroid dienone is 1. The Balaban J connectivity index is 2.55. The molecule has 1 unspecified atom stereocenters. The van der Waals surface area contributed by atoms with Gasteiger partial charge in [-0.3, -0.25) is 19.2 Å². The van der Waals surface area contributed by atoms with Crippen molar-refractivity contribution >= 4 is 23.6 Å². The number of ether oxygens (including phenoxy) is 2. The van der Waals surface area contributed by atoms with Crippen molar-refractivity contribution in [3.05, 3.63) is 24.0 Å². The molecule has 0 aromatic rings. The molecule has 2 amide bonds. The van der Waals surface area contributed by atoms with Gasteiger partial charge in [0.25, 0.3) is 0 Å². The van der Waals surface area contributed by atoms with Crippen molar-refractivity contribution in [1.82, 2.24) is 10.2 Å². The van der Waals surface area contributed by atoms with Gasteiger partial charge in [-0.15, -0.1) is 0 Å². The average molecular weight is 449 g/mol. The number of likely N-dealkylation sites (tertiary alicyclic amines) is 1. The van der Waals surface area contributed by atoms with Gasteiger partial charge in [-0.1, -0.05) is 26.8 Å². The number of carbonyl (C=O) groups is 4. The predicted molar refractivity (Wildman–Crippen MR) is 119 cm³/mol. The Morgan fingerprint density at radius 3 is 2.34 bits per heavy atom. The van der Waals surface area contributed by atoms with Crippen LogP contribution in [0.4, 0.5) is 0 Å². The summed E-state index contributed by atoms with van der Waals surface area (Å²) in [5, 5.41) is 2.98. The van der Waals surface area contributed by atoms with Crippen molar-refractivity contribution in [2.45, 2.75) is 66.5 Å². The van der Waals surface area contributed by atoms with Gasteiger partial charge in [0.15, 0.2) is 5.76 Å². The number of hydrogen-bond donors (Lipinski definition) is 1. The number of hydrogen-bond acceptors (Lipinski definition) is 6. The van der Waals surface area contributed by atoms with E-state index in [-0.39, 0.29) is 42.9 Å². The first-order valence-electron chi connectivity index (χ1n) is 10.9. The van der Waals surface area contributed by atoms with Gasteiger partial charge in [0.1, 0.15) is 6.04 Å². The quantitative estimate of drug-likeness (QED) is 0.626. The summed E-state index contributed by atoms with van der Waals surface area (Å²) in [6.45, 7) is 13.4. The third kappa shape index (κ3) is 5.40. The summed E-state index contributed by atoms with van der Waals surface area (Å²) in [4.78, 5) is 53.1. The highest BCUT2D eigenvalue weighted by atomic mass is 16.5. The molecule has 8 nitrogen and oxygen atoms in total. The molecule has 1 aliphatic carbocycles. The molecule has 0 aromatic heterocycles. The minimum atomic E-state index is -0.964. The van der Waals surface area contributed by atoms with Crippen molar-refractivity contribution in [2.24, 2.45) is 16.7 Å². The van der Waals surface area contributed by atoms with E-state index in [1.54, 1.807) is 19.1 Å². The maximum absolute atomic E-state index is 13.7. The summed E-state index contributed by atoms with van der Waals surface area (Å²) in [5.41, 5.74) is -2.02. The second-order valence-electron chi connectivity index (χ2n) is 10.6. The Kier molecular flexibility index (Phi) is 7.27. The van der Waals surface area contributed by atoms with Crippen LogP contribution in [0.5, 0.6) is 0 Å². The number of nitrogens with zero attached hydrogens (tertiary/aromatic N) is 1. The van der Waals surface area contributed by atoms with Crippen LogP contribution in [0.2, 0.25) is 0 Å². The minimum absolute atomic E-state index is 0.113. The largest absolute Gasteiger partial charge is 0.493 e. The molecule has 32 heavy (non-hydrogen) atoms. The highest BCUT2D eigenvalue weighted by Crippen LogP contribution is 2.47. The van der Waals surface area contributed by atoms with Crippen LogP contribution in [0.25, 0.3) is 0 Å². The fraction of sp³-hybridized carbons (Fsp3) is 0.667. The number of ketones is 1. The lowest BCUT2D eigenvalue weighted by atomic mass is 9.73. The van der Waals surface area contributed by atoms with Gasteiger partial charge in [-0.05, 0) is 45.3 Å². The van der Waals surface area contributed by atoms with Crippen LogP contribution >= 0.6 is 0 Å². The number of amides is 2. The highest BCUT2D eigenvalue weighted by molar-refractivity contribution is 6.04. The first kappa shape index (κ1) is 25.6. The third-order valence-electron chi connectivity index (χ3n) is 5.64. The van der Waals surface area contributed by atoms with E-state index in [9.17, 15) is 19.2 Å². The van der Waals surface area contributed by atoms with Gasteiger partial charge in [0.05, 0.1) is 26.1 Å². The van der Waals surface area contributed by atoms with E-state index in [4.69, 9.17) is 9.47 Å². The molecule has 3 atom stereocenters. The van der Waals surface area contributed by atoms with Gasteiger partial charge in [-0.2, -0.15) is 0 Å². The first-order valence-corrected chi connectivity index (χ1v) is 10.9. The summed E-state index contributed by atoms with van der Waals surface area (Å²) in [5.74, 6) is -2.11. The van der Waals surface area contributed by atoms with Crippen LogP contribution in [0.15, 0.2) is 24.0 Å². The third-order valence-corrected chi connectivity index (χ3v) is 5.64. The molecule has 1 aliphatic heterocycles. The van der Waals surface area contributed by atoms with Crippen molar-refractivity contribution in [3.8, 4) is 0 Å². The Morgan fingerprint density at radius 2 is 1.84 bits per heavy atom. The molecule has 1 saturated heterocycles. The van der Waals surface area contributed by atoms with Gasteiger partial charge in [0.2, 0.25) is 17.6 Å². The van der Waals surface area contributed by atoms with Gasteiger partial charge < -0.3 is 19.7 Å². The molecular weight excluding hydrogens is 412 g/mol. The fourth-order valence-electron chi connectivity index (χ4n) is 4.39. The maximum atomic E-state index is 13.7. The molecule has 1 N–H and O–H groups in total. The zero-order valence-corrected chi connectivity index (χ0v) is 20.4. The van der Waals surface area contributed by atoms with E-state index in [2.05, 4.69) is 5.32 Å². The zero-order valence-electron chi connectivity index (χ0n) is 20.4. The molecule has 1 spiro atoms. The van der Waals surface area contributed by atoms with E-state index in [1.807, 2.05) is 41.5 Å². The van der Waals surface area contributed by atoms with E-state index in [1.165, 1.54) is 18.1 Å². The van der Waals surface area contributed by atoms with Crippen molar-refractivity contribution in [3.63, 3.8) is 0 Å². The van der Waals surface area contributed by atoms with Gasteiger partial charge in [0, 0.05) is 17.5 Å². The van der Waals surface area contributed by atoms with Crippen LogP contribution in [-0.4, -0.2) is 60.3 Å². The molecule has 1 heterocycles. The van der Waals surface area contributed by atoms with Gasteiger partial charge >= 0.3 is 5.97 Å². The molecule has 1 fully saturated rings. The average Bonchev–Trinajstić information content (AvgIpc) is 2.87. The lowest BCUT2D eigenvalue weighted by Crippen LogP contribution is -2.58. The van der Waals surface area contributed by atoms with Gasteiger partial charge in [-0.25, -0.2) is 0 Å².